The van der Waals surface area contributed by atoms with Gasteiger partial charge in [0.15, 0.2) is 19.8 Å². The largest absolute Gasteiger partial charge is 0.493 e. The molecule has 1 aromatic carbocycles. The van der Waals surface area contributed by atoms with Gasteiger partial charge in [0, 0.05) is 25.3 Å². The fourth-order valence-corrected chi connectivity index (χ4v) is 5.71. The summed E-state index contributed by atoms with van der Waals surface area (Å²) < 4.78 is 22.2. The fourth-order valence-electron chi connectivity index (χ4n) is 4.62. The molecule has 2 fully saturated rings. The zero-order chi connectivity index (χ0) is 26.8. The van der Waals surface area contributed by atoms with Gasteiger partial charge in [0.25, 0.3) is 11.7 Å². The van der Waals surface area contributed by atoms with Crippen LogP contribution in [0.15, 0.2) is 12.1 Å². The standard InChI is InChI=1S/C26H40N2O7Si/c1-26(2,3)36(7,8)35-13-9-12-27-16-18-10-11-19(24(27)30)28(18)25(31)22(29)17-14-20(32-4)23(34-6)21(15-17)33-5/h14-15,18-19H,9-13,16H2,1-8H3. The molecular weight excluding hydrogens is 480 g/mol. The number of hydrogen-bond acceptors (Lipinski definition) is 7. The third-order valence-corrected chi connectivity index (χ3v) is 12.3. The summed E-state index contributed by atoms with van der Waals surface area (Å²) >= 11 is 0. The molecule has 200 valence electrons. The Morgan fingerprint density at radius 3 is 2.17 bits per heavy atom. The van der Waals surface area contributed by atoms with Gasteiger partial charge in [-0.2, -0.15) is 0 Å². The number of likely N-dealkylation sites (tertiary alicyclic amines) is 1. The summed E-state index contributed by atoms with van der Waals surface area (Å²) in [6.45, 7) is 12.7. The SMILES string of the molecule is COc1cc(C(=O)C(=O)N2C3CCC2C(=O)N(CCCO[Si](C)(C)C(C)(C)C)C3)cc(OC)c1OC. The van der Waals surface area contributed by atoms with Crippen molar-refractivity contribution in [2.75, 3.05) is 41.0 Å². The molecule has 2 atom stereocenters. The zero-order valence-electron chi connectivity index (χ0n) is 22.8. The summed E-state index contributed by atoms with van der Waals surface area (Å²) in [5.41, 5.74) is 0.131. The summed E-state index contributed by atoms with van der Waals surface area (Å²) in [6, 6.07) is 2.14. The predicted octanol–water partition coefficient (Wildman–Crippen LogP) is 3.51. The molecule has 0 aliphatic carbocycles. The molecule has 2 saturated heterocycles. The smallest absolute Gasteiger partial charge is 0.295 e. The van der Waals surface area contributed by atoms with E-state index in [-0.39, 0.29) is 34.0 Å². The fraction of sp³-hybridized carbons (Fsp3) is 0.654. The summed E-state index contributed by atoms with van der Waals surface area (Å²) in [4.78, 5) is 43.0. The van der Waals surface area contributed by atoms with Crippen molar-refractivity contribution < 1.29 is 33.0 Å². The lowest BCUT2D eigenvalue weighted by atomic mass is 10.1. The van der Waals surface area contributed by atoms with Crippen LogP contribution in [0.2, 0.25) is 18.1 Å². The molecule has 10 heteroatoms. The van der Waals surface area contributed by atoms with Gasteiger partial charge in [0.1, 0.15) is 6.04 Å². The van der Waals surface area contributed by atoms with Gasteiger partial charge in [-0.05, 0) is 49.5 Å². The van der Waals surface area contributed by atoms with Crippen molar-refractivity contribution >= 4 is 25.9 Å². The van der Waals surface area contributed by atoms with Crippen molar-refractivity contribution in [1.82, 2.24) is 9.80 Å². The van der Waals surface area contributed by atoms with Gasteiger partial charge in [0.2, 0.25) is 11.7 Å². The molecule has 2 amide bonds. The van der Waals surface area contributed by atoms with Gasteiger partial charge >= 0.3 is 0 Å². The highest BCUT2D eigenvalue weighted by Gasteiger charge is 2.49. The van der Waals surface area contributed by atoms with Crippen molar-refractivity contribution in [1.29, 1.82) is 0 Å². The Bertz CT molecular complexity index is 979. The molecule has 2 bridgehead atoms. The first-order valence-electron chi connectivity index (χ1n) is 12.5. The van der Waals surface area contributed by atoms with E-state index in [2.05, 4.69) is 33.9 Å². The third-order valence-electron chi connectivity index (χ3n) is 7.73. The maximum Gasteiger partial charge on any atom is 0.295 e. The quantitative estimate of drug-likeness (QED) is 0.202. The Kier molecular flexibility index (Phi) is 8.39. The van der Waals surface area contributed by atoms with Crippen LogP contribution in [0.5, 0.6) is 17.2 Å². The lowest BCUT2D eigenvalue weighted by molar-refractivity contribution is -0.149. The van der Waals surface area contributed by atoms with Crippen molar-refractivity contribution in [3.05, 3.63) is 17.7 Å². The van der Waals surface area contributed by atoms with Crippen LogP contribution < -0.4 is 14.2 Å². The lowest BCUT2D eigenvalue weighted by Gasteiger charge is -2.40. The van der Waals surface area contributed by atoms with Gasteiger partial charge in [-0.25, -0.2) is 0 Å². The number of Topliss-reactive ketones (excluding diaryl/α,β-unsaturated/α-hetero) is 1. The number of nitrogens with zero attached hydrogens (tertiary/aromatic N) is 2. The van der Waals surface area contributed by atoms with E-state index in [9.17, 15) is 14.4 Å². The molecule has 0 radical (unpaired) electrons. The highest BCUT2D eigenvalue weighted by atomic mass is 28.4. The number of benzene rings is 1. The highest BCUT2D eigenvalue weighted by molar-refractivity contribution is 6.74. The number of carbonyl (C=O) groups excluding carboxylic acids is 3. The van der Waals surface area contributed by atoms with Crippen LogP contribution in [0.4, 0.5) is 0 Å². The minimum Gasteiger partial charge on any atom is -0.493 e. The van der Waals surface area contributed by atoms with Crippen LogP contribution in [0.1, 0.15) is 50.4 Å². The number of amides is 2. The van der Waals surface area contributed by atoms with Crippen LogP contribution >= 0.6 is 0 Å². The second-order valence-electron chi connectivity index (χ2n) is 10.9. The van der Waals surface area contributed by atoms with E-state index in [1.54, 1.807) is 0 Å². The monoisotopic (exact) mass is 520 g/mol. The molecule has 2 heterocycles. The van der Waals surface area contributed by atoms with Gasteiger partial charge in [-0.15, -0.1) is 0 Å². The maximum atomic E-state index is 13.3. The number of piperazine rings is 1. The van der Waals surface area contributed by atoms with Crippen molar-refractivity contribution in [2.24, 2.45) is 0 Å². The number of rotatable bonds is 10. The Hall–Kier alpha value is -2.59. The molecular formula is C26H40N2O7Si. The summed E-state index contributed by atoms with van der Waals surface area (Å²) in [7, 11) is 2.53. The number of carbonyl (C=O) groups is 3. The molecule has 0 N–H and O–H groups in total. The Labute approximate surface area is 215 Å². The molecule has 36 heavy (non-hydrogen) atoms. The first-order valence-corrected chi connectivity index (χ1v) is 15.4. The topological polar surface area (TPSA) is 94.6 Å². The average Bonchev–Trinajstić information content (AvgIpc) is 3.18. The summed E-state index contributed by atoms with van der Waals surface area (Å²) in [5, 5.41) is 0.137. The van der Waals surface area contributed by atoms with Crippen molar-refractivity contribution in [2.45, 2.75) is 70.2 Å². The maximum absolute atomic E-state index is 13.3. The van der Waals surface area contributed by atoms with Gasteiger partial charge in [0.05, 0.1) is 27.4 Å². The van der Waals surface area contributed by atoms with E-state index in [1.807, 2.05) is 4.90 Å². The van der Waals surface area contributed by atoms with Crippen LogP contribution in [0, 0.1) is 0 Å². The molecule has 0 aromatic heterocycles. The highest BCUT2D eigenvalue weighted by Crippen LogP contribution is 2.39. The second kappa shape index (κ2) is 10.8. The van der Waals surface area contributed by atoms with Crippen LogP contribution in [-0.4, -0.2) is 88.8 Å². The molecule has 2 aliphatic rings. The van der Waals surface area contributed by atoms with Crippen molar-refractivity contribution in [3.63, 3.8) is 0 Å². The summed E-state index contributed by atoms with van der Waals surface area (Å²) in [5.74, 6) is -0.553. The summed E-state index contributed by atoms with van der Waals surface area (Å²) in [6.07, 6.45) is 2.01. The zero-order valence-corrected chi connectivity index (χ0v) is 23.8. The van der Waals surface area contributed by atoms with Gasteiger partial charge in [-0.3, -0.25) is 14.4 Å². The molecule has 0 spiro atoms. The lowest BCUT2D eigenvalue weighted by Crippen LogP contribution is -2.60. The molecule has 2 unspecified atom stereocenters. The Balaban J connectivity index is 1.67. The van der Waals surface area contributed by atoms with E-state index in [0.29, 0.717) is 38.3 Å². The van der Waals surface area contributed by atoms with E-state index in [0.717, 1.165) is 6.42 Å². The predicted molar refractivity (Wildman–Crippen MR) is 138 cm³/mol. The Morgan fingerprint density at radius 1 is 1.03 bits per heavy atom. The molecule has 3 rings (SSSR count). The second-order valence-corrected chi connectivity index (χ2v) is 15.8. The minimum atomic E-state index is -1.83. The minimum absolute atomic E-state index is 0.0953. The molecule has 1 aromatic rings. The van der Waals surface area contributed by atoms with E-state index in [4.69, 9.17) is 18.6 Å². The number of ether oxygens (including phenoxy) is 3. The van der Waals surface area contributed by atoms with Crippen molar-refractivity contribution in [3.8, 4) is 17.2 Å². The number of methoxy groups -OCH3 is 3. The molecule has 2 aliphatic heterocycles. The normalized spacial score (nSPS) is 19.9. The number of hydrogen-bond donors (Lipinski definition) is 0. The number of ketones is 1. The van der Waals surface area contributed by atoms with Gasteiger partial charge in [-0.1, -0.05) is 20.8 Å². The Morgan fingerprint density at radius 2 is 1.64 bits per heavy atom. The van der Waals surface area contributed by atoms with Crippen LogP contribution in [0.25, 0.3) is 0 Å². The first kappa shape index (κ1) is 28.0. The third kappa shape index (κ3) is 5.39. The first-order chi connectivity index (χ1) is 16.9. The number of fused-ring (bicyclic) bond motifs is 2. The van der Waals surface area contributed by atoms with E-state index in [1.165, 1.54) is 38.4 Å². The van der Waals surface area contributed by atoms with Crippen LogP contribution in [0.3, 0.4) is 0 Å². The molecule has 9 nitrogen and oxygen atoms in total. The van der Waals surface area contributed by atoms with E-state index >= 15 is 0 Å². The molecule has 0 saturated carbocycles. The van der Waals surface area contributed by atoms with E-state index < -0.39 is 26.0 Å². The van der Waals surface area contributed by atoms with Gasteiger partial charge < -0.3 is 28.4 Å². The van der Waals surface area contributed by atoms with Crippen LogP contribution in [-0.2, 0) is 14.0 Å². The average molecular weight is 521 g/mol.